The van der Waals surface area contributed by atoms with Crippen LogP contribution in [0.2, 0.25) is 0 Å². The van der Waals surface area contributed by atoms with Gasteiger partial charge < -0.3 is 15.1 Å². The topological polar surface area (TPSA) is 35.6 Å². The van der Waals surface area contributed by atoms with Gasteiger partial charge in [0.2, 0.25) is 5.91 Å². The van der Waals surface area contributed by atoms with Crippen LogP contribution in [0.25, 0.3) is 0 Å². The maximum Gasteiger partial charge on any atom is 0.223 e. The van der Waals surface area contributed by atoms with Crippen molar-refractivity contribution in [1.82, 2.24) is 4.90 Å². The molecule has 4 rings (SSSR count). The Hall–Kier alpha value is -2.33. The minimum Gasteiger partial charge on any atom is -0.382 e. The first-order valence-electron chi connectivity index (χ1n) is 10.1. The van der Waals surface area contributed by atoms with Crippen molar-refractivity contribution in [3.8, 4) is 0 Å². The van der Waals surface area contributed by atoms with E-state index in [0.717, 1.165) is 50.4 Å². The lowest BCUT2D eigenvalue weighted by atomic mass is 10.0. The minimum absolute atomic E-state index is 0.137. The summed E-state index contributed by atoms with van der Waals surface area (Å²) in [6.07, 6.45) is 4.43. The summed E-state index contributed by atoms with van der Waals surface area (Å²) in [5, 5.41) is 3.70. The molecule has 1 saturated heterocycles. The van der Waals surface area contributed by atoms with Gasteiger partial charge in [-0.15, -0.1) is 0 Å². The summed E-state index contributed by atoms with van der Waals surface area (Å²) in [6.45, 7) is 5.90. The Kier molecular flexibility index (Phi) is 5.44. The second-order valence-corrected chi connectivity index (χ2v) is 7.76. The van der Waals surface area contributed by atoms with E-state index in [0.29, 0.717) is 6.04 Å². The fourth-order valence-electron chi connectivity index (χ4n) is 4.26. The lowest BCUT2D eigenvalue weighted by Crippen LogP contribution is -2.40. The number of carbonyl (C=O) groups is 1. The van der Waals surface area contributed by atoms with Crippen LogP contribution >= 0.6 is 0 Å². The molecule has 0 saturated carbocycles. The second kappa shape index (κ2) is 8.13. The van der Waals surface area contributed by atoms with E-state index in [9.17, 15) is 4.79 Å². The highest BCUT2D eigenvalue weighted by Gasteiger charge is 2.23. The van der Waals surface area contributed by atoms with Crippen molar-refractivity contribution in [3.63, 3.8) is 0 Å². The number of anilines is 2. The summed E-state index contributed by atoms with van der Waals surface area (Å²) < 4.78 is 0. The average molecular weight is 364 g/mol. The van der Waals surface area contributed by atoms with Crippen LogP contribution in [0.5, 0.6) is 0 Å². The Morgan fingerprint density at radius 1 is 1.07 bits per heavy atom. The Morgan fingerprint density at radius 2 is 1.85 bits per heavy atom. The Labute approximate surface area is 162 Å². The molecule has 2 aliphatic rings. The Morgan fingerprint density at radius 3 is 2.59 bits per heavy atom. The van der Waals surface area contributed by atoms with Crippen LogP contribution in [0.3, 0.4) is 0 Å². The van der Waals surface area contributed by atoms with Gasteiger partial charge in [0.25, 0.3) is 0 Å². The molecule has 1 amide bonds. The maximum absolute atomic E-state index is 11.8. The van der Waals surface area contributed by atoms with Crippen molar-refractivity contribution < 1.29 is 4.79 Å². The highest BCUT2D eigenvalue weighted by atomic mass is 16.2. The van der Waals surface area contributed by atoms with Crippen LogP contribution in [0.4, 0.5) is 11.4 Å². The summed E-state index contributed by atoms with van der Waals surface area (Å²) in [7, 11) is 0. The molecule has 0 bridgehead atoms. The van der Waals surface area contributed by atoms with Crippen LogP contribution in [0, 0.1) is 0 Å². The van der Waals surface area contributed by atoms with Crippen LogP contribution < -0.4 is 10.2 Å². The molecule has 0 spiro atoms. The van der Waals surface area contributed by atoms with Gasteiger partial charge in [-0.1, -0.05) is 36.4 Å². The number of hydrogen-bond acceptors (Lipinski definition) is 3. The summed E-state index contributed by atoms with van der Waals surface area (Å²) in [6, 6.07) is 17.8. The number of piperidine rings is 1. The molecule has 1 N–H and O–H groups in total. The number of hydrogen-bond donors (Lipinski definition) is 1. The fourth-order valence-corrected chi connectivity index (χ4v) is 4.26. The molecule has 4 nitrogen and oxygen atoms in total. The standard InChI is InChI=1S/C23H29N3O/c1-18(27)26-16-10-20-7-8-22(17-23(20)26)24-21-11-14-25(15-12-21)13-9-19-5-3-2-4-6-19/h2-8,17,21,24H,9-16H2,1H3. The van der Waals surface area contributed by atoms with Crippen LogP contribution in [0.15, 0.2) is 48.5 Å². The smallest absolute Gasteiger partial charge is 0.223 e. The number of benzene rings is 2. The van der Waals surface area contributed by atoms with E-state index in [2.05, 4.69) is 58.7 Å². The molecule has 0 atom stereocenters. The first-order valence-corrected chi connectivity index (χ1v) is 10.1. The third-order valence-corrected chi connectivity index (χ3v) is 5.88. The van der Waals surface area contributed by atoms with Crippen LogP contribution in [-0.4, -0.2) is 43.0 Å². The molecule has 2 aromatic rings. The summed E-state index contributed by atoms with van der Waals surface area (Å²) >= 11 is 0. The maximum atomic E-state index is 11.8. The van der Waals surface area contributed by atoms with Crippen molar-refractivity contribution in [2.75, 3.05) is 36.4 Å². The van der Waals surface area contributed by atoms with E-state index < -0.39 is 0 Å². The Bertz CT molecular complexity index is 781. The van der Waals surface area contributed by atoms with Crippen molar-refractivity contribution in [1.29, 1.82) is 0 Å². The number of rotatable bonds is 5. The molecule has 27 heavy (non-hydrogen) atoms. The lowest BCUT2D eigenvalue weighted by molar-refractivity contribution is -0.116. The number of nitrogens with one attached hydrogen (secondary N) is 1. The van der Waals surface area contributed by atoms with E-state index in [1.54, 1.807) is 6.92 Å². The zero-order chi connectivity index (χ0) is 18.6. The first-order chi connectivity index (χ1) is 13.2. The number of carbonyl (C=O) groups excluding carboxylic acids is 1. The van der Waals surface area contributed by atoms with Crippen LogP contribution in [0.1, 0.15) is 30.9 Å². The molecular weight excluding hydrogens is 334 g/mol. The number of fused-ring (bicyclic) bond motifs is 1. The van der Waals surface area contributed by atoms with E-state index in [1.165, 1.54) is 24.0 Å². The lowest BCUT2D eigenvalue weighted by Gasteiger charge is -2.33. The monoisotopic (exact) mass is 363 g/mol. The van der Waals surface area contributed by atoms with Gasteiger partial charge >= 0.3 is 0 Å². The largest absolute Gasteiger partial charge is 0.382 e. The van der Waals surface area contributed by atoms with Crippen molar-refractivity contribution >= 4 is 17.3 Å². The highest BCUT2D eigenvalue weighted by molar-refractivity contribution is 5.94. The number of likely N-dealkylation sites (tertiary alicyclic amines) is 1. The van der Waals surface area contributed by atoms with E-state index >= 15 is 0 Å². The zero-order valence-electron chi connectivity index (χ0n) is 16.2. The van der Waals surface area contributed by atoms with Gasteiger partial charge in [-0.25, -0.2) is 0 Å². The molecule has 2 aliphatic heterocycles. The zero-order valence-corrected chi connectivity index (χ0v) is 16.2. The van der Waals surface area contributed by atoms with Crippen molar-refractivity contribution in [2.24, 2.45) is 0 Å². The molecule has 0 unspecified atom stereocenters. The molecule has 0 aliphatic carbocycles. The van der Waals surface area contributed by atoms with Gasteiger partial charge in [-0.05, 0) is 48.9 Å². The predicted molar refractivity (Wildman–Crippen MR) is 111 cm³/mol. The van der Waals surface area contributed by atoms with E-state index in [-0.39, 0.29) is 5.91 Å². The quantitative estimate of drug-likeness (QED) is 0.879. The fraction of sp³-hybridized carbons (Fsp3) is 0.435. The molecule has 4 heteroatoms. The molecule has 1 fully saturated rings. The highest BCUT2D eigenvalue weighted by Crippen LogP contribution is 2.31. The molecule has 142 valence electrons. The third kappa shape index (κ3) is 4.33. The second-order valence-electron chi connectivity index (χ2n) is 7.76. The summed E-state index contributed by atoms with van der Waals surface area (Å²) in [4.78, 5) is 16.3. The molecule has 0 aromatic heterocycles. The third-order valence-electron chi connectivity index (χ3n) is 5.88. The van der Waals surface area contributed by atoms with Gasteiger partial charge in [0.05, 0.1) is 0 Å². The molecule has 2 heterocycles. The van der Waals surface area contributed by atoms with E-state index in [1.807, 2.05) is 4.90 Å². The van der Waals surface area contributed by atoms with Gasteiger partial charge in [-0.2, -0.15) is 0 Å². The van der Waals surface area contributed by atoms with Crippen LogP contribution in [-0.2, 0) is 17.6 Å². The number of nitrogens with zero attached hydrogens (tertiary/aromatic N) is 2. The van der Waals surface area contributed by atoms with Gasteiger partial charge in [0.15, 0.2) is 0 Å². The Balaban J connectivity index is 1.28. The molecule has 2 aromatic carbocycles. The van der Waals surface area contributed by atoms with Gasteiger partial charge in [0.1, 0.15) is 0 Å². The molecular formula is C23H29N3O. The average Bonchev–Trinajstić information content (AvgIpc) is 3.12. The minimum atomic E-state index is 0.137. The number of amides is 1. The summed E-state index contributed by atoms with van der Waals surface area (Å²) in [5.74, 6) is 0.137. The van der Waals surface area contributed by atoms with Gasteiger partial charge in [0, 0.05) is 50.5 Å². The van der Waals surface area contributed by atoms with Crippen molar-refractivity contribution in [2.45, 2.75) is 38.6 Å². The predicted octanol–water partition coefficient (Wildman–Crippen LogP) is 3.71. The summed E-state index contributed by atoms with van der Waals surface area (Å²) in [5.41, 5.74) is 4.94. The van der Waals surface area contributed by atoms with Crippen molar-refractivity contribution in [3.05, 3.63) is 59.7 Å². The van der Waals surface area contributed by atoms with Gasteiger partial charge in [-0.3, -0.25) is 4.79 Å². The first kappa shape index (κ1) is 18.1. The normalized spacial score (nSPS) is 17.7. The van der Waals surface area contributed by atoms with E-state index in [4.69, 9.17) is 0 Å². The SMILES string of the molecule is CC(=O)N1CCc2ccc(NC3CCN(CCc4ccccc4)CC3)cc21. The molecule has 0 radical (unpaired) electrons.